The highest BCUT2D eigenvalue weighted by atomic mass is 19.1. The van der Waals surface area contributed by atoms with Gasteiger partial charge in [-0.1, -0.05) is 30.3 Å². The topological polar surface area (TPSA) is 71.3 Å². The molecule has 156 valence electrons. The fourth-order valence-corrected chi connectivity index (χ4v) is 4.52. The molecule has 5 nitrogen and oxygen atoms in total. The van der Waals surface area contributed by atoms with Gasteiger partial charge in [-0.25, -0.2) is 9.18 Å². The first-order valence-corrected chi connectivity index (χ1v) is 10.1. The number of hydrogen-bond donors (Lipinski definition) is 2. The summed E-state index contributed by atoms with van der Waals surface area (Å²) in [5.74, 6) is 0.484. The SMILES string of the molecule is COc1cccc(-c2ccc3c(c2)CCN(C(N)=O)C3c2c[nH]c3ccc(F)cc23)c1. The largest absolute Gasteiger partial charge is 0.497 e. The van der Waals surface area contributed by atoms with Gasteiger partial charge in [0.25, 0.3) is 0 Å². The lowest BCUT2D eigenvalue weighted by atomic mass is 9.86. The highest BCUT2D eigenvalue weighted by Gasteiger charge is 2.32. The summed E-state index contributed by atoms with van der Waals surface area (Å²) in [7, 11) is 1.65. The number of amides is 2. The van der Waals surface area contributed by atoms with Gasteiger partial charge in [0.15, 0.2) is 0 Å². The van der Waals surface area contributed by atoms with Crippen molar-refractivity contribution in [1.82, 2.24) is 9.88 Å². The third-order valence-electron chi connectivity index (χ3n) is 6.03. The summed E-state index contributed by atoms with van der Waals surface area (Å²) in [6, 6.07) is 17.9. The Hall–Kier alpha value is -3.80. The molecule has 0 saturated heterocycles. The predicted octanol–water partition coefficient (Wildman–Crippen LogP) is 5.01. The van der Waals surface area contributed by atoms with Crippen LogP contribution in [0.5, 0.6) is 5.75 Å². The maximum absolute atomic E-state index is 14.0. The van der Waals surface area contributed by atoms with E-state index in [4.69, 9.17) is 10.5 Å². The minimum atomic E-state index is -0.488. The number of H-pyrrole nitrogens is 1. The molecule has 1 unspecified atom stereocenters. The molecule has 31 heavy (non-hydrogen) atoms. The molecule has 6 heteroatoms. The quantitative estimate of drug-likeness (QED) is 0.494. The Bertz CT molecular complexity index is 1300. The van der Waals surface area contributed by atoms with Crippen LogP contribution >= 0.6 is 0 Å². The maximum Gasteiger partial charge on any atom is 0.315 e. The number of ether oxygens (including phenoxy) is 1. The van der Waals surface area contributed by atoms with Gasteiger partial charge in [-0.15, -0.1) is 0 Å². The molecule has 0 radical (unpaired) electrons. The molecule has 3 N–H and O–H groups in total. The highest BCUT2D eigenvalue weighted by molar-refractivity contribution is 5.85. The van der Waals surface area contributed by atoms with Gasteiger partial charge in [0.1, 0.15) is 11.6 Å². The second kappa shape index (κ2) is 7.47. The first-order valence-electron chi connectivity index (χ1n) is 10.1. The molecule has 4 aromatic rings. The number of carbonyl (C=O) groups excluding carboxylic acids is 1. The molecule has 0 bridgehead atoms. The first kappa shape index (κ1) is 19.2. The molecule has 2 amide bonds. The van der Waals surface area contributed by atoms with Crippen molar-refractivity contribution in [1.29, 1.82) is 0 Å². The summed E-state index contributed by atoms with van der Waals surface area (Å²) in [6.45, 7) is 0.497. The summed E-state index contributed by atoms with van der Waals surface area (Å²) in [6.07, 6.45) is 2.54. The molecule has 1 aromatic heterocycles. The van der Waals surface area contributed by atoms with Crippen molar-refractivity contribution in [3.63, 3.8) is 0 Å². The van der Waals surface area contributed by atoms with Crippen molar-refractivity contribution in [3.05, 3.63) is 89.4 Å². The Morgan fingerprint density at radius 3 is 2.74 bits per heavy atom. The summed E-state index contributed by atoms with van der Waals surface area (Å²) >= 11 is 0. The number of primary amides is 1. The molecule has 1 aliphatic heterocycles. The van der Waals surface area contributed by atoms with Gasteiger partial charge in [-0.2, -0.15) is 0 Å². The molecule has 5 rings (SSSR count). The Morgan fingerprint density at radius 1 is 1.10 bits per heavy atom. The maximum atomic E-state index is 14.0. The van der Waals surface area contributed by atoms with Crippen LogP contribution in [0.3, 0.4) is 0 Å². The Balaban J connectivity index is 1.64. The molecule has 1 aliphatic rings. The third kappa shape index (κ3) is 3.30. The molecule has 2 heterocycles. The Morgan fingerprint density at radius 2 is 1.94 bits per heavy atom. The highest BCUT2D eigenvalue weighted by Crippen LogP contribution is 2.40. The van der Waals surface area contributed by atoms with Crippen molar-refractivity contribution in [3.8, 4) is 16.9 Å². The smallest absolute Gasteiger partial charge is 0.315 e. The number of halogens is 1. The minimum absolute atomic E-state index is 0.316. The van der Waals surface area contributed by atoms with E-state index in [0.29, 0.717) is 13.0 Å². The number of nitrogens with one attached hydrogen (secondary N) is 1. The zero-order valence-corrected chi connectivity index (χ0v) is 17.1. The van der Waals surface area contributed by atoms with Gasteiger partial charge < -0.3 is 20.4 Å². The molecular weight excluding hydrogens is 393 g/mol. The number of urea groups is 1. The van der Waals surface area contributed by atoms with Gasteiger partial charge in [0.05, 0.1) is 13.2 Å². The van der Waals surface area contributed by atoms with E-state index in [1.54, 1.807) is 18.1 Å². The van der Waals surface area contributed by atoms with E-state index in [2.05, 4.69) is 11.1 Å². The zero-order valence-electron chi connectivity index (χ0n) is 17.1. The van der Waals surface area contributed by atoms with Gasteiger partial charge >= 0.3 is 6.03 Å². The average molecular weight is 415 g/mol. The van der Waals surface area contributed by atoms with E-state index < -0.39 is 6.03 Å². The standard InChI is InChI=1S/C25H22FN3O2/c1-31-19-4-2-3-15(12-19)16-5-7-20-17(11-16)9-10-29(25(27)30)24(20)22-14-28-23-8-6-18(26)13-21(22)23/h2-8,11-14,24,28H,9-10H2,1H3,(H2,27,30). The summed E-state index contributed by atoms with van der Waals surface area (Å²) in [4.78, 5) is 17.1. The van der Waals surface area contributed by atoms with Crippen molar-refractivity contribution in [2.45, 2.75) is 12.5 Å². The van der Waals surface area contributed by atoms with Crippen molar-refractivity contribution < 1.29 is 13.9 Å². The van der Waals surface area contributed by atoms with Gasteiger partial charge in [0.2, 0.25) is 0 Å². The lowest BCUT2D eigenvalue weighted by molar-refractivity contribution is 0.190. The number of fused-ring (bicyclic) bond motifs is 2. The van der Waals surface area contributed by atoms with Crippen molar-refractivity contribution in [2.75, 3.05) is 13.7 Å². The number of aromatic amines is 1. The number of nitrogens with two attached hydrogens (primary N) is 1. The van der Waals surface area contributed by atoms with Gasteiger partial charge in [0, 0.05) is 29.2 Å². The van der Waals surface area contributed by atoms with Crippen LogP contribution in [0.4, 0.5) is 9.18 Å². The van der Waals surface area contributed by atoms with Crippen LogP contribution in [0.2, 0.25) is 0 Å². The van der Waals surface area contributed by atoms with E-state index >= 15 is 0 Å². The molecule has 0 saturated carbocycles. The summed E-state index contributed by atoms with van der Waals surface area (Å²) in [5.41, 5.74) is 11.7. The Kier molecular flexibility index (Phi) is 4.62. The van der Waals surface area contributed by atoms with Crippen LogP contribution in [0.25, 0.3) is 22.0 Å². The van der Waals surface area contributed by atoms with E-state index in [-0.39, 0.29) is 11.9 Å². The normalized spacial score (nSPS) is 15.7. The van der Waals surface area contributed by atoms with E-state index in [9.17, 15) is 9.18 Å². The van der Waals surface area contributed by atoms with Gasteiger partial charge in [-0.05, 0) is 59.0 Å². The number of rotatable bonds is 3. The molecule has 0 fully saturated rings. The van der Waals surface area contributed by atoms with Gasteiger partial charge in [-0.3, -0.25) is 0 Å². The molecule has 0 aliphatic carbocycles. The fraction of sp³-hybridized carbons (Fsp3) is 0.160. The third-order valence-corrected chi connectivity index (χ3v) is 6.03. The lowest BCUT2D eigenvalue weighted by Gasteiger charge is -2.36. The van der Waals surface area contributed by atoms with Crippen LogP contribution in [-0.4, -0.2) is 29.6 Å². The number of benzene rings is 3. The summed E-state index contributed by atoms with van der Waals surface area (Å²) in [5, 5.41) is 0.751. The van der Waals surface area contributed by atoms with E-state index in [0.717, 1.165) is 44.5 Å². The Labute approximate surface area is 179 Å². The second-order valence-electron chi connectivity index (χ2n) is 7.76. The number of nitrogens with zero attached hydrogens (tertiary/aromatic N) is 1. The number of aromatic nitrogens is 1. The van der Waals surface area contributed by atoms with Crippen molar-refractivity contribution in [2.24, 2.45) is 5.73 Å². The summed E-state index contributed by atoms with van der Waals surface area (Å²) < 4.78 is 19.3. The van der Waals surface area contributed by atoms with Crippen LogP contribution in [0.15, 0.2) is 66.9 Å². The first-order chi connectivity index (χ1) is 15.0. The monoisotopic (exact) mass is 415 g/mol. The lowest BCUT2D eigenvalue weighted by Crippen LogP contribution is -2.43. The minimum Gasteiger partial charge on any atom is -0.497 e. The second-order valence-corrected chi connectivity index (χ2v) is 7.76. The number of carbonyl (C=O) groups is 1. The number of methoxy groups -OCH3 is 1. The fourth-order valence-electron chi connectivity index (χ4n) is 4.52. The van der Waals surface area contributed by atoms with Crippen LogP contribution in [-0.2, 0) is 6.42 Å². The molecule has 3 aromatic carbocycles. The van der Waals surface area contributed by atoms with Crippen molar-refractivity contribution >= 4 is 16.9 Å². The molecule has 0 spiro atoms. The average Bonchev–Trinajstić information content (AvgIpc) is 3.20. The van der Waals surface area contributed by atoms with Crippen LogP contribution in [0.1, 0.15) is 22.7 Å². The predicted molar refractivity (Wildman–Crippen MR) is 119 cm³/mol. The van der Waals surface area contributed by atoms with E-state index in [1.807, 2.05) is 42.6 Å². The molecular formula is C25H22FN3O2. The molecule has 1 atom stereocenters. The van der Waals surface area contributed by atoms with Crippen LogP contribution < -0.4 is 10.5 Å². The van der Waals surface area contributed by atoms with E-state index in [1.165, 1.54) is 12.1 Å². The number of hydrogen-bond acceptors (Lipinski definition) is 2. The zero-order chi connectivity index (χ0) is 21.5. The van der Waals surface area contributed by atoms with Crippen LogP contribution in [0, 0.1) is 5.82 Å².